The van der Waals surface area contributed by atoms with Crippen LogP contribution in [-0.2, 0) is 34.1 Å². The van der Waals surface area contributed by atoms with Crippen molar-refractivity contribution in [2.45, 2.75) is 69.7 Å². The van der Waals surface area contributed by atoms with Gasteiger partial charge in [-0.15, -0.1) is 0 Å². The zero-order valence-corrected chi connectivity index (χ0v) is 18.6. The van der Waals surface area contributed by atoms with Crippen LogP contribution in [-0.4, -0.2) is 20.9 Å². The SMILES string of the molecule is CCC(=O)N1CCc2cc(S(=O)(=O)N[C@@H](CC)c3ccc4c(c3)CCCC4)ccc21. The van der Waals surface area contributed by atoms with Crippen LogP contribution in [0, 0.1) is 0 Å². The first kappa shape index (κ1) is 21.1. The summed E-state index contributed by atoms with van der Waals surface area (Å²) in [5.74, 6) is 0.0703. The van der Waals surface area contributed by atoms with Crippen molar-refractivity contribution in [3.63, 3.8) is 0 Å². The predicted molar refractivity (Wildman–Crippen MR) is 119 cm³/mol. The zero-order valence-electron chi connectivity index (χ0n) is 17.8. The summed E-state index contributed by atoms with van der Waals surface area (Å²) >= 11 is 0. The normalized spacial score (nSPS) is 16.8. The number of amides is 1. The maximum absolute atomic E-state index is 13.1. The molecule has 0 fully saturated rings. The first-order chi connectivity index (χ1) is 14.4. The van der Waals surface area contributed by atoms with Crippen molar-refractivity contribution >= 4 is 21.6 Å². The monoisotopic (exact) mass is 426 g/mol. The highest BCUT2D eigenvalue weighted by molar-refractivity contribution is 7.89. The number of benzene rings is 2. The second kappa shape index (κ2) is 8.52. The fourth-order valence-electron chi connectivity index (χ4n) is 4.61. The van der Waals surface area contributed by atoms with Gasteiger partial charge < -0.3 is 4.90 Å². The Morgan fingerprint density at radius 2 is 1.77 bits per heavy atom. The number of fused-ring (bicyclic) bond motifs is 2. The van der Waals surface area contributed by atoms with Crippen LogP contribution in [0.25, 0.3) is 0 Å². The number of carbonyl (C=O) groups is 1. The Morgan fingerprint density at radius 3 is 2.50 bits per heavy atom. The van der Waals surface area contributed by atoms with E-state index in [4.69, 9.17) is 0 Å². The van der Waals surface area contributed by atoms with Crippen LogP contribution in [0.1, 0.15) is 67.8 Å². The zero-order chi connectivity index (χ0) is 21.3. The third kappa shape index (κ3) is 4.03. The predicted octanol–water partition coefficient (Wildman–Crippen LogP) is 4.29. The van der Waals surface area contributed by atoms with Gasteiger partial charge in [0.15, 0.2) is 0 Å². The number of hydrogen-bond donors (Lipinski definition) is 1. The minimum absolute atomic E-state index is 0.0703. The van der Waals surface area contributed by atoms with E-state index in [2.05, 4.69) is 22.9 Å². The molecule has 2 aromatic carbocycles. The Bertz CT molecular complexity index is 1060. The van der Waals surface area contributed by atoms with Gasteiger partial charge in [-0.25, -0.2) is 13.1 Å². The van der Waals surface area contributed by atoms with Crippen molar-refractivity contribution in [1.82, 2.24) is 4.72 Å². The molecule has 0 unspecified atom stereocenters. The van der Waals surface area contributed by atoms with Crippen molar-refractivity contribution < 1.29 is 13.2 Å². The molecule has 4 rings (SSSR count). The first-order valence-corrected chi connectivity index (χ1v) is 12.5. The fraction of sp³-hybridized carbons (Fsp3) is 0.458. The standard InChI is InChI=1S/C24H30N2O3S/c1-3-22(19-10-9-17-7-5-6-8-18(17)15-19)25-30(28,29)21-11-12-23-20(16-21)13-14-26(23)24(27)4-2/h9-12,15-16,22,25H,3-8,13-14H2,1-2H3/t22-/m0/s1. The Balaban J connectivity index is 1.57. The van der Waals surface area contributed by atoms with Crippen LogP contribution in [0.15, 0.2) is 41.3 Å². The van der Waals surface area contributed by atoms with E-state index in [-0.39, 0.29) is 16.8 Å². The smallest absolute Gasteiger partial charge is 0.241 e. The number of nitrogens with one attached hydrogen (secondary N) is 1. The van der Waals surface area contributed by atoms with Gasteiger partial charge in [-0.2, -0.15) is 0 Å². The maximum Gasteiger partial charge on any atom is 0.241 e. The highest BCUT2D eigenvalue weighted by Gasteiger charge is 2.27. The molecule has 0 radical (unpaired) electrons. The maximum atomic E-state index is 13.1. The summed E-state index contributed by atoms with van der Waals surface area (Å²) in [5.41, 5.74) is 5.54. The second-order valence-corrected chi connectivity index (χ2v) is 9.97. The van der Waals surface area contributed by atoms with E-state index >= 15 is 0 Å². The lowest BCUT2D eigenvalue weighted by atomic mass is 9.89. The van der Waals surface area contributed by atoms with Crippen LogP contribution < -0.4 is 9.62 Å². The highest BCUT2D eigenvalue weighted by atomic mass is 32.2. The van der Waals surface area contributed by atoms with E-state index in [1.165, 1.54) is 24.0 Å². The molecule has 1 aliphatic carbocycles. The van der Waals surface area contributed by atoms with Crippen LogP contribution in [0.5, 0.6) is 0 Å². The summed E-state index contributed by atoms with van der Waals surface area (Å²) in [4.78, 5) is 14.1. The molecule has 160 valence electrons. The van der Waals surface area contributed by atoms with E-state index in [9.17, 15) is 13.2 Å². The molecule has 0 saturated carbocycles. The molecule has 30 heavy (non-hydrogen) atoms. The molecule has 1 N–H and O–H groups in total. The highest BCUT2D eigenvalue weighted by Crippen LogP contribution is 2.32. The number of aryl methyl sites for hydroxylation is 2. The quantitative estimate of drug-likeness (QED) is 0.749. The van der Waals surface area contributed by atoms with Crippen LogP contribution in [0.2, 0.25) is 0 Å². The van der Waals surface area contributed by atoms with E-state index in [0.717, 1.165) is 29.7 Å². The van der Waals surface area contributed by atoms with Gasteiger partial charge in [0.2, 0.25) is 15.9 Å². The largest absolute Gasteiger partial charge is 0.312 e. The number of sulfonamides is 1. The number of carbonyl (C=O) groups excluding carboxylic acids is 1. The third-order valence-corrected chi connectivity index (χ3v) is 7.81. The number of nitrogens with zero attached hydrogens (tertiary/aromatic N) is 1. The minimum Gasteiger partial charge on any atom is -0.312 e. The summed E-state index contributed by atoms with van der Waals surface area (Å²) in [7, 11) is -3.66. The summed E-state index contributed by atoms with van der Waals surface area (Å²) in [6.45, 7) is 4.46. The van der Waals surface area contributed by atoms with E-state index in [1.54, 1.807) is 23.1 Å². The van der Waals surface area contributed by atoms with Gasteiger partial charge in [-0.05, 0) is 79.0 Å². The lowest BCUT2D eigenvalue weighted by Crippen LogP contribution is -2.29. The topological polar surface area (TPSA) is 66.5 Å². The molecule has 1 atom stereocenters. The molecule has 2 aliphatic rings. The van der Waals surface area contributed by atoms with Gasteiger partial charge in [0, 0.05) is 24.7 Å². The molecular weight excluding hydrogens is 396 g/mol. The van der Waals surface area contributed by atoms with Crippen LogP contribution in [0.3, 0.4) is 0 Å². The van der Waals surface area contributed by atoms with Gasteiger partial charge in [0.1, 0.15) is 0 Å². The van der Waals surface area contributed by atoms with Gasteiger partial charge in [-0.3, -0.25) is 4.79 Å². The molecule has 1 amide bonds. The molecular formula is C24H30N2O3S. The summed E-state index contributed by atoms with van der Waals surface area (Å²) in [6, 6.07) is 11.3. The summed E-state index contributed by atoms with van der Waals surface area (Å²) in [5, 5.41) is 0. The average molecular weight is 427 g/mol. The summed E-state index contributed by atoms with van der Waals surface area (Å²) < 4.78 is 29.2. The Labute approximate surface area is 179 Å². The third-order valence-electron chi connectivity index (χ3n) is 6.34. The van der Waals surface area contributed by atoms with Gasteiger partial charge in [0.05, 0.1) is 4.90 Å². The lowest BCUT2D eigenvalue weighted by molar-refractivity contribution is -0.118. The fourth-order valence-corrected chi connectivity index (χ4v) is 5.97. The molecule has 1 aliphatic heterocycles. The van der Waals surface area contributed by atoms with Crippen LogP contribution in [0.4, 0.5) is 5.69 Å². The lowest BCUT2D eigenvalue weighted by Gasteiger charge is -2.22. The molecule has 0 aromatic heterocycles. The van der Waals surface area contributed by atoms with Gasteiger partial charge in [-0.1, -0.05) is 32.0 Å². The average Bonchev–Trinajstić information content (AvgIpc) is 3.20. The molecule has 1 heterocycles. The summed E-state index contributed by atoms with van der Waals surface area (Å²) in [6.07, 6.45) is 6.44. The number of rotatable bonds is 6. The van der Waals surface area contributed by atoms with Crippen molar-refractivity contribution in [2.75, 3.05) is 11.4 Å². The Hall–Kier alpha value is -2.18. The van der Waals surface area contributed by atoms with Crippen molar-refractivity contribution in [1.29, 1.82) is 0 Å². The first-order valence-electron chi connectivity index (χ1n) is 11.0. The molecule has 0 spiro atoms. The second-order valence-electron chi connectivity index (χ2n) is 8.26. The van der Waals surface area contributed by atoms with Crippen molar-refractivity contribution in [3.05, 3.63) is 58.7 Å². The van der Waals surface area contributed by atoms with Gasteiger partial charge in [0.25, 0.3) is 0 Å². The molecule has 2 aromatic rings. The Morgan fingerprint density at radius 1 is 1.00 bits per heavy atom. The van der Waals surface area contributed by atoms with E-state index in [1.807, 2.05) is 13.8 Å². The van der Waals surface area contributed by atoms with Crippen LogP contribution >= 0.6 is 0 Å². The number of anilines is 1. The molecule has 0 bridgehead atoms. The number of hydrogen-bond acceptors (Lipinski definition) is 3. The van der Waals surface area contributed by atoms with E-state index in [0.29, 0.717) is 25.8 Å². The van der Waals surface area contributed by atoms with Crippen molar-refractivity contribution in [2.24, 2.45) is 0 Å². The molecule has 5 nitrogen and oxygen atoms in total. The molecule has 6 heteroatoms. The Kier molecular flexibility index (Phi) is 5.98. The minimum atomic E-state index is -3.66. The molecule has 0 saturated heterocycles. The van der Waals surface area contributed by atoms with E-state index < -0.39 is 10.0 Å². The van der Waals surface area contributed by atoms with Gasteiger partial charge >= 0.3 is 0 Å². The van der Waals surface area contributed by atoms with Crippen molar-refractivity contribution in [3.8, 4) is 0 Å².